The molecule has 0 saturated carbocycles. The molecule has 1 aliphatic heterocycles. The van der Waals surface area contributed by atoms with Gasteiger partial charge >= 0.3 is 5.97 Å². The highest BCUT2D eigenvalue weighted by Gasteiger charge is 2.25. The predicted molar refractivity (Wildman–Crippen MR) is 109 cm³/mol. The minimum atomic E-state index is -0.536. The highest BCUT2D eigenvalue weighted by atomic mass is 16.5. The lowest BCUT2D eigenvalue weighted by Gasteiger charge is -2.33. The van der Waals surface area contributed by atoms with Crippen LogP contribution in [0.15, 0.2) is 46.9 Å². The maximum atomic E-state index is 12.9. The first-order chi connectivity index (χ1) is 14.0. The van der Waals surface area contributed by atoms with Crippen molar-refractivity contribution in [3.05, 3.63) is 53.8 Å². The van der Waals surface area contributed by atoms with E-state index in [1.165, 1.54) is 0 Å². The second kappa shape index (κ2) is 8.07. The fraction of sp³-hybridized carbons (Fsp3) is 0.348. The molecule has 1 saturated heterocycles. The number of hydrogen-bond acceptors (Lipinski definition) is 5. The molecule has 4 rings (SSSR count). The maximum Gasteiger partial charge on any atom is 0.339 e. The molecule has 0 N–H and O–H groups in total. The number of aromatic nitrogens is 1. The lowest BCUT2D eigenvalue weighted by Crippen LogP contribution is -2.44. The predicted octanol–water partition coefficient (Wildman–Crippen LogP) is 4.36. The van der Waals surface area contributed by atoms with Crippen LogP contribution in [0.25, 0.3) is 22.4 Å². The molecule has 0 aliphatic carbocycles. The Labute approximate surface area is 169 Å². The zero-order valence-corrected chi connectivity index (χ0v) is 16.7. The fourth-order valence-corrected chi connectivity index (χ4v) is 3.80. The van der Waals surface area contributed by atoms with Gasteiger partial charge in [-0.15, -0.1) is 0 Å². The van der Waals surface area contributed by atoms with E-state index in [-0.39, 0.29) is 18.6 Å². The number of amides is 1. The monoisotopic (exact) mass is 392 g/mol. The number of rotatable bonds is 4. The molecule has 0 radical (unpaired) electrons. The van der Waals surface area contributed by atoms with E-state index >= 15 is 0 Å². The quantitative estimate of drug-likeness (QED) is 0.617. The molecular formula is C23H24N2O4. The molecule has 1 fully saturated rings. The van der Waals surface area contributed by atoms with Crippen LogP contribution in [0.5, 0.6) is 0 Å². The van der Waals surface area contributed by atoms with Crippen molar-refractivity contribution >= 4 is 22.8 Å². The third-order valence-corrected chi connectivity index (χ3v) is 5.38. The Hall–Kier alpha value is -3.15. The Morgan fingerprint density at radius 2 is 2.03 bits per heavy atom. The highest BCUT2D eigenvalue weighted by molar-refractivity contribution is 6.05. The lowest BCUT2D eigenvalue weighted by molar-refractivity contribution is -0.137. The Bertz CT molecular complexity index is 1060. The number of nitrogens with zero attached hydrogens (tertiary/aromatic N) is 2. The van der Waals surface area contributed by atoms with E-state index in [2.05, 4.69) is 4.98 Å². The fourth-order valence-electron chi connectivity index (χ4n) is 3.80. The smallest absolute Gasteiger partial charge is 0.339 e. The summed E-state index contributed by atoms with van der Waals surface area (Å²) in [4.78, 5) is 31.8. The molecule has 1 aromatic carbocycles. The number of para-hydroxylation sites is 1. The molecule has 29 heavy (non-hydrogen) atoms. The van der Waals surface area contributed by atoms with Gasteiger partial charge in [-0.05, 0) is 57.4 Å². The molecule has 6 nitrogen and oxygen atoms in total. The van der Waals surface area contributed by atoms with E-state index in [1.54, 1.807) is 11.0 Å². The molecule has 3 heterocycles. The van der Waals surface area contributed by atoms with Crippen molar-refractivity contribution in [3.8, 4) is 11.5 Å². The minimum absolute atomic E-state index is 0.147. The normalized spacial score (nSPS) is 16.8. The molecular weight excluding hydrogens is 368 g/mol. The summed E-state index contributed by atoms with van der Waals surface area (Å²) in [5, 5.41) is 0.684. The van der Waals surface area contributed by atoms with Crippen molar-refractivity contribution in [2.24, 2.45) is 0 Å². The van der Waals surface area contributed by atoms with E-state index in [0.717, 1.165) is 31.6 Å². The number of carbonyl (C=O) groups excluding carboxylic acids is 2. The molecule has 1 amide bonds. The molecule has 0 unspecified atom stereocenters. The second-order valence-corrected chi connectivity index (χ2v) is 7.49. The van der Waals surface area contributed by atoms with Gasteiger partial charge in [-0.3, -0.25) is 4.79 Å². The van der Waals surface area contributed by atoms with Gasteiger partial charge in [0.2, 0.25) is 0 Å². The van der Waals surface area contributed by atoms with Gasteiger partial charge in [-0.1, -0.05) is 18.2 Å². The van der Waals surface area contributed by atoms with Crippen molar-refractivity contribution < 1.29 is 18.7 Å². The first kappa shape index (κ1) is 19.2. The van der Waals surface area contributed by atoms with Gasteiger partial charge in [0, 0.05) is 18.0 Å². The highest BCUT2D eigenvalue weighted by Crippen LogP contribution is 2.27. The number of fused-ring (bicyclic) bond motifs is 1. The van der Waals surface area contributed by atoms with Crippen LogP contribution in [0, 0.1) is 6.92 Å². The van der Waals surface area contributed by atoms with Crippen molar-refractivity contribution in [1.29, 1.82) is 0 Å². The van der Waals surface area contributed by atoms with Crippen LogP contribution in [0.4, 0.5) is 0 Å². The molecule has 3 aromatic rings. The Morgan fingerprint density at radius 3 is 2.79 bits per heavy atom. The minimum Gasteiger partial charge on any atom is -0.460 e. The summed E-state index contributed by atoms with van der Waals surface area (Å²) in [6, 6.07) is 12.9. The first-order valence-electron chi connectivity index (χ1n) is 9.96. The number of piperidine rings is 1. The van der Waals surface area contributed by atoms with Crippen molar-refractivity contribution in [2.45, 2.75) is 39.2 Å². The number of benzene rings is 1. The van der Waals surface area contributed by atoms with Crippen molar-refractivity contribution in [3.63, 3.8) is 0 Å². The topological polar surface area (TPSA) is 72.6 Å². The van der Waals surface area contributed by atoms with Crippen molar-refractivity contribution in [2.75, 3.05) is 13.2 Å². The summed E-state index contributed by atoms with van der Waals surface area (Å²) in [6.45, 7) is 4.35. The van der Waals surface area contributed by atoms with E-state index in [9.17, 15) is 9.59 Å². The van der Waals surface area contributed by atoms with E-state index in [0.29, 0.717) is 27.9 Å². The van der Waals surface area contributed by atoms with Crippen LogP contribution in [-0.2, 0) is 9.53 Å². The van der Waals surface area contributed by atoms with Gasteiger partial charge in [-0.2, -0.15) is 0 Å². The standard InChI is InChI=1S/C23H24N2O4/c1-15-7-5-6-12-25(15)22(26)14-28-23(27)18-13-20(21-11-10-16(2)29-21)24-19-9-4-3-8-17(18)19/h3-4,8-11,13,15H,5-7,12,14H2,1-2H3/t15-/m1/s1. The average Bonchev–Trinajstić information content (AvgIpc) is 3.17. The van der Waals surface area contributed by atoms with E-state index < -0.39 is 5.97 Å². The zero-order valence-electron chi connectivity index (χ0n) is 16.7. The Morgan fingerprint density at radius 1 is 1.21 bits per heavy atom. The van der Waals surface area contributed by atoms with Crippen LogP contribution in [0.3, 0.4) is 0 Å². The molecule has 0 bridgehead atoms. The van der Waals surface area contributed by atoms with Crippen LogP contribution in [0.2, 0.25) is 0 Å². The van der Waals surface area contributed by atoms with Gasteiger partial charge < -0.3 is 14.1 Å². The van der Waals surface area contributed by atoms with Gasteiger partial charge in [-0.25, -0.2) is 9.78 Å². The Balaban J connectivity index is 1.58. The maximum absolute atomic E-state index is 12.9. The second-order valence-electron chi connectivity index (χ2n) is 7.49. The molecule has 1 aliphatic rings. The number of carbonyl (C=O) groups is 2. The summed E-state index contributed by atoms with van der Waals surface area (Å²) in [6.07, 6.45) is 3.11. The van der Waals surface area contributed by atoms with Gasteiger partial charge in [0.05, 0.1) is 11.1 Å². The molecule has 6 heteroatoms. The summed E-state index contributed by atoms with van der Waals surface area (Å²) in [5.41, 5.74) is 1.60. The van der Waals surface area contributed by atoms with Gasteiger partial charge in [0.15, 0.2) is 12.4 Å². The first-order valence-corrected chi connectivity index (χ1v) is 9.96. The van der Waals surface area contributed by atoms with E-state index in [1.807, 2.05) is 50.2 Å². The number of pyridine rings is 1. The number of hydrogen-bond donors (Lipinski definition) is 0. The molecule has 2 aromatic heterocycles. The third kappa shape index (κ3) is 4.01. The van der Waals surface area contributed by atoms with Crippen LogP contribution in [-0.4, -0.2) is 41.0 Å². The third-order valence-electron chi connectivity index (χ3n) is 5.38. The molecule has 150 valence electrons. The van der Waals surface area contributed by atoms with E-state index in [4.69, 9.17) is 9.15 Å². The number of aryl methyl sites for hydroxylation is 1. The summed E-state index contributed by atoms with van der Waals surface area (Å²) in [5.74, 6) is 0.665. The number of esters is 1. The number of likely N-dealkylation sites (tertiary alicyclic amines) is 1. The van der Waals surface area contributed by atoms with Crippen LogP contribution in [0.1, 0.15) is 42.3 Å². The Kier molecular flexibility index (Phi) is 5.34. The average molecular weight is 392 g/mol. The van der Waals surface area contributed by atoms with Crippen LogP contribution >= 0.6 is 0 Å². The molecule has 0 spiro atoms. The van der Waals surface area contributed by atoms with Gasteiger partial charge in [0.25, 0.3) is 5.91 Å². The zero-order chi connectivity index (χ0) is 20.4. The largest absolute Gasteiger partial charge is 0.460 e. The summed E-state index contributed by atoms with van der Waals surface area (Å²) < 4.78 is 11.1. The molecule has 1 atom stereocenters. The van der Waals surface area contributed by atoms with Crippen molar-refractivity contribution in [1.82, 2.24) is 9.88 Å². The summed E-state index contributed by atoms with van der Waals surface area (Å²) in [7, 11) is 0. The number of ether oxygens (including phenoxy) is 1. The number of furan rings is 1. The summed E-state index contributed by atoms with van der Waals surface area (Å²) >= 11 is 0. The lowest BCUT2D eigenvalue weighted by atomic mass is 10.0. The SMILES string of the molecule is Cc1ccc(-c2cc(C(=O)OCC(=O)N3CCCC[C@H]3C)c3ccccc3n2)o1. The van der Waals surface area contributed by atoms with Crippen LogP contribution < -0.4 is 0 Å². The van der Waals surface area contributed by atoms with Gasteiger partial charge in [0.1, 0.15) is 11.5 Å².